The normalized spacial score (nSPS) is 21.0. The van der Waals surface area contributed by atoms with Gasteiger partial charge >= 0.3 is 6.18 Å². The SMILES string of the molecule is Cc1nc(-c2cc(C(F)(F)F)nn2C)n(C2CCS(=O)(=O)C2)n1. The molecule has 1 unspecified atom stereocenters. The van der Waals surface area contributed by atoms with Gasteiger partial charge in [0.15, 0.2) is 21.4 Å². The molecule has 2 aromatic heterocycles. The Hall–Kier alpha value is -1.91. The molecule has 1 aliphatic rings. The Kier molecular flexibility index (Phi) is 3.50. The van der Waals surface area contributed by atoms with E-state index < -0.39 is 27.7 Å². The van der Waals surface area contributed by atoms with Gasteiger partial charge in [0, 0.05) is 7.05 Å². The molecule has 0 radical (unpaired) electrons. The molecule has 0 spiro atoms. The first-order chi connectivity index (χ1) is 10.6. The van der Waals surface area contributed by atoms with E-state index in [-0.39, 0.29) is 23.0 Å². The molecule has 1 atom stereocenters. The van der Waals surface area contributed by atoms with Crippen LogP contribution in [0.25, 0.3) is 11.5 Å². The number of aromatic nitrogens is 5. The molecule has 11 heteroatoms. The molecule has 7 nitrogen and oxygen atoms in total. The van der Waals surface area contributed by atoms with Gasteiger partial charge in [-0.05, 0) is 19.4 Å². The van der Waals surface area contributed by atoms with Crippen LogP contribution in [0, 0.1) is 6.92 Å². The van der Waals surface area contributed by atoms with Crippen molar-refractivity contribution in [1.82, 2.24) is 24.5 Å². The minimum absolute atomic E-state index is 0.0369. The maximum Gasteiger partial charge on any atom is 0.435 e. The molecule has 1 aliphatic heterocycles. The molecule has 0 saturated carbocycles. The van der Waals surface area contributed by atoms with Crippen LogP contribution < -0.4 is 0 Å². The maximum atomic E-state index is 12.8. The standard InChI is InChI=1S/C12H14F3N5O2S/c1-7-16-11(9-5-10(12(13,14)15)18-19(9)2)20(17-7)8-3-4-23(21,22)6-8/h5,8H,3-4,6H2,1-2H3. The summed E-state index contributed by atoms with van der Waals surface area (Å²) in [5.74, 6) is 0.497. The molecular weight excluding hydrogens is 335 g/mol. The number of alkyl halides is 3. The highest BCUT2D eigenvalue weighted by Crippen LogP contribution is 2.33. The number of nitrogens with zero attached hydrogens (tertiary/aromatic N) is 5. The number of halogens is 3. The highest BCUT2D eigenvalue weighted by Gasteiger charge is 2.36. The minimum Gasteiger partial charge on any atom is -0.264 e. The van der Waals surface area contributed by atoms with Crippen molar-refractivity contribution in [3.05, 3.63) is 17.6 Å². The third-order valence-electron chi connectivity index (χ3n) is 3.69. The lowest BCUT2D eigenvalue weighted by molar-refractivity contribution is -0.141. The van der Waals surface area contributed by atoms with Gasteiger partial charge in [0.05, 0.1) is 17.5 Å². The third kappa shape index (κ3) is 2.96. The van der Waals surface area contributed by atoms with Gasteiger partial charge in [-0.25, -0.2) is 18.1 Å². The Bertz CT molecular complexity index is 853. The van der Waals surface area contributed by atoms with Crippen LogP contribution in [0.4, 0.5) is 13.2 Å². The first kappa shape index (κ1) is 16.0. The summed E-state index contributed by atoms with van der Waals surface area (Å²) < 4.78 is 64.2. The van der Waals surface area contributed by atoms with E-state index in [0.717, 1.165) is 10.7 Å². The Morgan fingerprint density at radius 3 is 2.52 bits per heavy atom. The van der Waals surface area contributed by atoms with E-state index in [1.165, 1.54) is 11.7 Å². The first-order valence-corrected chi connectivity index (χ1v) is 8.64. The molecule has 126 valence electrons. The van der Waals surface area contributed by atoms with Crippen molar-refractivity contribution in [3.8, 4) is 11.5 Å². The first-order valence-electron chi connectivity index (χ1n) is 6.82. The number of rotatable bonds is 2. The Balaban J connectivity index is 2.07. The monoisotopic (exact) mass is 349 g/mol. The fraction of sp³-hybridized carbons (Fsp3) is 0.583. The molecule has 1 saturated heterocycles. The van der Waals surface area contributed by atoms with Gasteiger partial charge in [0.25, 0.3) is 0 Å². The van der Waals surface area contributed by atoms with Gasteiger partial charge in [-0.1, -0.05) is 0 Å². The second kappa shape index (κ2) is 5.05. The molecule has 3 rings (SSSR count). The van der Waals surface area contributed by atoms with Gasteiger partial charge in [-0.2, -0.15) is 23.4 Å². The molecule has 1 fully saturated rings. The average Bonchev–Trinajstić information content (AvgIpc) is 3.05. The lowest BCUT2D eigenvalue weighted by Gasteiger charge is -2.11. The summed E-state index contributed by atoms with van der Waals surface area (Å²) in [7, 11) is -1.77. The van der Waals surface area contributed by atoms with Crippen LogP contribution in [0.3, 0.4) is 0 Å². The van der Waals surface area contributed by atoms with Crippen molar-refractivity contribution in [2.45, 2.75) is 25.6 Å². The zero-order valence-corrected chi connectivity index (χ0v) is 13.2. The lowest BCUT2D eigenvalue weighted by Crippen LogP contribution is -2.14. The van der Waals surface area contributed by atoms with Gasteiger partial charge in [0.1, 0.15) is 11.5 Å². The van der Waals surface area contributed by atoms with Crippen LogP contribution in [-0.4, -0.2) is 44.5 Å². The van der Waals surface area contributed by atoms with Crippen LogP contribution in [0.15, 0.2) is 6.07 Å². The smallest absolute Gasteiger partial charge is 0.264 e. The summed E-state index contributed by atoms with van der Waals surface area (Å²) in [6.45, 7) is 1.60. The van der Waals surface area contributed by atoms with Crippen LogP contribution in [0.2, 0.25) is 0 Å². The fourth-order valence-corrected chi connectivity index (χ4v) is 4.33. The summed E-state index contributed by atoms with van der Waals surface area (Å²) in [5, 5.41) is 7.62. The fourth-order valence-electron chi connectivity index (χ4n) is 2.64. The summed E-state index contributed by atoms with van der Waals surface area (Å²) in [5.41, 5.74) is -0.886. The van der Waals surface area contributed by atoms with Gasteiger partial charge < -0.3 is 0 Å². The van der Waals surface area contributed by atoms with Crippen molar-refractivity contribution in [3.63, 3.8) is 0 Å². The largest absolute Gasteiger partial charge is 0.435 e. The van der Waals surface area contributed by atoms with E-state index in [2.05, 4.69) is 15.2 Å². The third-order valence-corrected chi connectivity index (χ3v) is 5.44. The van der Waals surface area contributed by atoms with Crippen molar-refractivity contribution >= 4 is 9.84 Å². The second-order valence-electron chi connectivity index (χ2n) is 5.52. The molecule has 0 aromatic carbocycles. The highest BCUT2D eigenvalue weighted by atomic mass is 32.2. The highest BCUT2D eigenvalue weighted by molar-refractivity contribution is 7.91. The molecular formula is C12H14F3N5O2S. The predicted molar refractivity (Wildman–Crippen MR) is 74.3 cm³/mol. The molecule has 0 bridgehead atoms. The molecule has 0 amide bonds. The summed E-state index contributed by atoms with van der Waals surface area (Å²) in [6.07, 6.45) is -4.20. The topological polar surface area (TPSA) is 82.7 Å². The van der Waals surface area contributed by atoms with E-state index in [1.807, 2.05) is 0 Å². The summed E-state index contributed by atoms with van der Waals surface area (Å²) in [4.78, 5) is 4.16. The van der Waals surface area contributed by atoms with Crippen LogP contribution in [-0.2, 0) is 23.1 Å². The Labute approximate surface area is 130 Å². The Morgan fingerprint density at radius 1 is 1.30 bits per heavy atom. The van der Waals surface area contributed by atoms with E-state index in [4.69, 9.17) is 0 Å². The van der Waals surface area contributed by atoms with Crippen molar-refractivity contribution in [2.24, 2.45) is 7.05 Å². The van der Waals surface area contributed by atoms with Crippen LogP contribution >= 0.6 is 0 Å². The van der Waals surface area contributed by atoms with Crippen LogP contribution in [0.1, 0.15) is 24.0 Å². The molecule has 0 aliphatic carbocycles. The maximum absolute atomic E-state index is 12.8. The summed E-state index contributed by atoms with van der Waals surface area (Å²) in [6, 6.07) is 0.462. The quantitative estimate of drug-likeness (QED) is 0.818. The molecule has 0 N–H and O–H groups in total. The molecule has 23 heavy (non-hydrogen) atoms. The number of hydrogen-bond donors (Lipinski definition) is 0. The predicted octanol–water partition coefficient (Wildman–Crippen LogP) is 1.37. The van der Waals surface area contributed by atoms with E-state index in [0.29, 0.717) is 12.2 Å². The molecule has 2 aromatic rings. The van der Waals surface area contributed by atoms with E-state index in [1.54, 1.807) is 6.92 Å². The van der Waals surface area contributed by atoms with Gasteiger partial charge in [0.2, 0.25) is 0 Å². The Morgan fingerprint density at radius 2 is 2.00 bits per heavy atom. The zero-order chi connectivity index (χ0) is 17.0. The van der Waals surface area contributed by atoms with Crippen LogP contribution in [0.5, 0.6) is 0 Å². The van der Waals surface area contributed by atoms with Crippen molar-refractivity contribution < 1.29 is 21.6 Å². The van der Waals surface area contributed by atoms with Gasteiger partial charge in [-0.3, -0.25) is 4.68 Å². The minimum atomic E-state index is -4.56. The second-order valence-corrected chi connectivity index (χ2v) is 7.75. The number of hydrogen-bond acceptors (Lipinski definition) is 5. The molecule has 3 heterocycles. The van der Waals surface area contributed by atoms with Crippen molar-refractivity contribution in [1.29, 1.82) is 0 Å². The van der Waals surface area contributed by atoms with Gasteiger partial charge in [-0.15, -0.1) is 0 Å². The van der Waals surface area contributed by atoms with E-state index in [9.17, 15) is 21.6 Å². The number of aryl methyl sites for hydroxylation is 2. The number of sulfone groups is 1. The van der Waals surface area contributed by atoms with E-state index >= 15 is 0 Å². The lowest BCUT2D eigenvalue weighted by atomic mass is 10.2. The van der Waals surface area contributed by atoms with Crippen molar-refractivity contribution in [2.75, 3.05) is 11.5 Å². The average molecular weight is 349 g/mol. The summed E-state index contributed by atoms with van der Waals surface area (Å²) >= 11 is 0. The zero-order valence-electron chi connectivity index (χ0n) is 12.4.